The molecule has 3 N–H and O–H groups in total. The van der Waals surface area contributed by atoms with Crippen LogP contribution in [0.5, 0.6) is 17.2 Å². The average molecular weight is 713 g/mol. The van der Waals surface area contributed by atoms with Crippen molar-refractivity contribution in [3.05, 3.63) is 92.6 Å². The SMILES string of the molecule is CCOC(=O)C1=C(C)NC(=O)N[C@H]1c1ccc(OCC(=O)N/N=C/c2ccc(N(CC)CC)cc2OCc2ccc(Cl)cc2Cl)c(OC)c1. The Bertz CT molecular complexity index is 1740. The first-order chi connectivity index (χ1) is 23.6. The topological polar surface area (TPSA) is 140 Å². The van der Waals surface area contributed by atoms with Gasteiger partial charge in [0.05, 0.1) is 31.5 Å². The van der Waals surface area contributed by atoms with E-state index in [0.717, 1.165) is 24.3 Å². The third kappa shape index (κ3) is 9.58. The van der Waals surface area contributed by atoms with Gasteiger partial charge in [0.2, 0.25) is 0 Å². The number of nitrogens with zero attached hydrogens (tertiary/aromatic N) is 2. The molecule has 0 aliphatic carbocycles. The molecule has 0 aromatic heterocycles. The number of nitrogens with one attached hydrogen (secondary N) is 3. The van der Waals surface area contributed by atoms with Gasteiger partial charge < -0.3 is 34.5 Å². The third-order valence-corrected chi connectivity index (χ3v) is 8.15. The van der Waals surface area contributed by atoms with E-state index < -0.39 is 23.9 Å². The van der Waals surface area contributed by atoms with Gasteiger partial charge in [-0.25, -0.2) is 15.0 Å². The maximum atomic E-state index is 12.7. The van der Waals surface area contributed by atoms with Gasteiger partial charge in [0.1, 0.15) is 12.4 Å². The van der Waals surface area contributed by atoms with Gasteiger partial charge in [-0.2, -0.15) is 5.10 Å². The van der Waals surface area contributed by atoms with Gasteiger partial charge in [-0.3, -0.25) is 4.79 Å². The molecule has 3 aromatic carbocycles. The molecule has 0 bridgehead atoms. The lowest BCUT2D eigenvalue weighted by Gasteiger charge is -2.28. The van der Waals surface area contributed by atoms with E-state index in [1.165, 1.54) is 13.3 Å². The molecule has 1 aliphatic heterocycles. The number of benzene rings is 3. The van der Waals surface area contributed by atoms with Crippen molar-refractivity contribution in [1.29, 1.82) is 0 Å². The maximum Gasteiger partial charge on any atom is 0.338 e. The van der Waals surface area contributed by atoms with Crippen LogP contribution in [-0.4, -0.2) is 57.5 Å². The first-order valence-corrected chi connectivity index (χ1v) is 16.4. The fraction of sp³-hybridized carbons (Fsp3) is 0.314. The Morgan fingerprint density at radius 1 is 0.980 bits per heavy atom. The molecule has 49 heavy (non-hydrogen) atoms. The molecule has 4 rings (SSSR count). The molecule has 0 fully saturated rings. The molecule has 0 saturated heterocycles. The van der Waals surface area contributed by atoms with Crippen molar-refractivity contribution in [2.45, 2.75) is 40.3 Å². The number of halogens is 2. The van der Waals surface area contributed by atoms with Gasteiger partial charge >= 0.3 is 12.0 Å². The van der Waals surface area contributed by atoms with Crippen LogP contribution in [0.15, 0.2) is 71.0 Å². The quantitative estimate of drug-likeness (QED) is 0.0970. The first-order valence-electron chi connectivity index (χ1n) is 15.6. The zero-order valence-electron chi connectivity index (χ0n) is 27.9. The van der Waals surface area contributed by atoms with Crippen LogP contribution in [0.3, 0.4) is 0 Å². The average Bonchev–Trinajstić information content (AvgIpc) is 3.07. The molecule has 12 nitrogen and oxygen atoms in total. The fourth-order valence-electron chi connectivity index (χ4n) is 5.09. The van der Waals surface area contributed by atoms with Crippen molar-refractivity contribution in [3.8, 4) is 17.2 Å². The van der Waals surface area contributed by atoms with Crippen molar-refractivity contribution in [2.75, 3.05) is 38.3 Å². The minimum atomic E-state index is -0.786. The number of anilines is 1. The Kier molecular flexibility index (Phi) is 13.1. The van der Waals surface area contributed by atoms with Crippen molar-refractivity contribution in [2.24, 2.45) is 5.10 Å². The normalized spacial score (nSPS) is 14.2. The van der Waals surface area contributed by atoms with Gasteiger partial charge in [-0.1, -0.05) is 35.3 Å². The highest BCUT2D eigenvalue weighted by atomic mass is 35.5. The number of carbonyl (C=O) groups is 3. The molecular weight excluding hydrogens is 673 g/mol. The maximum absolute atomic E-state index is 12.7. The Morgan fingerprint density at radius 3 is 2.45 bits per heavy atom. The van der Waals surface area contributed by atoms with E-state index in [1.807, 2.05) is 18.2 Å². The van der Waals surface area contributed by atoms with Gasteiger partial charge in [0.25, 0.3) is 5.91 Å². The number of urea groups is 1. The van der Waals surface area contributed by atoms with Crippen molar-refractivity contribution in [3.63, 3.8) is 0 Å². The molecule has 3 aromatic rings. The van der Waals surface area contributed by atoms with Crippen molar-refractivity contribution >= 4 is 53.0 Å². The Labute approximate surface area is 295 Å². The fourth-order valence-corrected chi connectivity index (χ4v) is 5.55. The van der Waals surface area contributed by atoms with E-state index in [-0.39, 0.29) is 31.1 Å². The molecule has 0 radical (unpaired) electrons. The van der Waals surface area contributed by atoms with E-state index in [1.54, 1.807) is 50.2 Å². The number of hydrazone groups is 1. The van der Waals surface area contributed by atoms with Gasteiger partial charge in [-0.05, 0) is 69.7 Å². The van der Waals surface area contributed by atoms with Crippen LogP contribution in [0.1, 0.15) is 50.4 Å². The summed E-state index contributed by atoms with van der Waals surface area (Å²) in [5.74, 6) is 0.0336. The smallest absolute Gasteiger partial charge is 0.338 e. The third-order valence-electron chi connectivity index (χ3n) is 7.56. The number of hydrogen-bond donors (Lipinski definition) is 3. The van der Waals surface area contributed by atoms with Gasteiger partial charge in [0.15, 0.2) is 18.1 Å². The predicted molar refractivity (Wildman–Crippen MR) is 189 cm³/mol. The van der Waals surface area contributed by atoms with Crippen LogP contribution >= 0.6 is 23.2 Å². The number of rotatable bonds is 15. The summed E-state index contributed by atoms with van der Waals surface area (Å²) in [6.45, 7) is 9.10. The van der Waals surface area contributed by atoms with Crippen LogP contribution in [0.4, 0.5) is 10.5 Å². The lowest BCUT2D eigenvalue weighted by atomic mass is 9.95. The summed E-state index contributed by atoms with van der Waals surface area (Å²) in [4.78, 5) is 39.8. The minimum Gasteiger partial charge on any atom is -0.493 e. The number of carbonyl (C=O) groups excluding carboxylic acids is 3. The molecule has 14 heteroatoms. The van der Waals surface area contributed by atoms with E-state index in [9.17, 15) is 14.4 Å². The largest absolute Gasteiger partial charge is 0.493 e. The summed E-state index contributed by atoms with van der Waals surface area (Å²) in [6.07, 6.45) is 1.49. The highest BCUT2D eigenvalue weighted by Crippen LogP contribution is 2.35. The van der Waals surface area contributed by atoms with Crippen LogP contribution in [-0.2, 0) is 20.9 Å². The molecular formula is C35H39Cl2N5O7. The molecule has 1 atom stereocenters. The van der Waals surface area contributed by atoms with Gasteiger partial charge in [-0.15, -0.1) is 0 Å². The number of ether oxygens (including phenoxy) is 4. The van der Waals surface area contributed by atoms with Gasteiger partial charge in [0, 0.05) is 51.7 Å². The minimum absolute atomic E-state index is 0.177. The van der Waals surface area contributed by atoms with E-state index in [0.29, 0.717) is 38.4 Å². The standard InChI is InChI=1S/C35H39Cl2N5O7/c1-6-42(7-2)26-13-10-23(29(17-26)48-19-24-9-12-25(36)16-27(24)37)18-38-41-31(43)20-49-28-14-11-22(15-30(28)46-5)33-32(34(44)47-8-3)21(4)39-35(45)40-33/h9-18,33H,6-8,19-20H2,1-5H3,(H,41,43)(H2,39,40,45)/b38-18+/t33-/m0/s1. The molecule has 0 saturated carbocycles. The second-order valence-corrected chi connectivity index (χ2v) is 11.5. The monoisotopic (exact) mass is 711 g/mol. The second kappa shape index (κ2) is 17.5. The summed E-state index contributed by atoms with van der Waals surface area (Å²) in [5, 5.41) is 10.5. The summed E-state index contributed by atoms with van der Waals surface area (Å²) < 4.78 is 22.6. The Balaban J connectivity index is 1.44. The molecule has 0 spiro atoms. The Morgan fingerprint density at radius 2 is 1.76 bits per heavy atom. The van der Waals surface area contributed by atoms with Crippen molar-refractivity contribution in [1.82, 2.24) is 16.1 Å². The zero-order chi connectivity index (χ0) is 35.5. The number of hydrogen-bond acceptors (Lipinski definition) is 9. The molecule has 3 amide bonds. The number of esters is 1. The summed E-state index contributed by atoms with van der Waals surface area (Å²) in [6, 6.07) is 14.6. The summed E-state index contributed by atoms with van der Waals surface area (Å²) >= 11 is 12.4. The van der Waals surface area contributed by atoms with Crippen LogP contribution in [0.2, 0.25) is 10.0 Å². The summed E-state index contributed by atoms with van der Waals surface area (Å²) in [5.41, 5.74) is 6.05. The molecule has 1 heterocycles. The number of allylic oxidation sites excluding steroid dienone is 1. The molecule has 260 valence electrons. The predicted octanol–water partition coefficient (Wildman–Crippen LogP) is 6.15. The lowest BCUT2D eigenvalue weighted by Crippen LogP contribution is -2.45. The number of amides is 3. The van der Waals surface area contributed by atoms with E-state index >= 15 is 0 Å². The van der Waals surface area contributed by atoms with Crippen molar-refractivity contribution < 1.29 is 33.3 Å². The highest BCUT2D eigenvalue weighted by molar-refractivity contribution is 6.35. The first kappa shape index (κ1) is 36.9. The summed E-state index contributed by atoms with van der Waals surface area (Å²) in [7, 11) is 1.44. The Hall–Kier alpha value is -4.94. The lowest BCUT2D eigenvalue weighted by molar-refractivity contribution is -0.139. The van der Waals surface area contributed by atoms with E-state index in [4.69, 9.17) is 42.1 Å². The van der Waals surface area contributed by atoms with Crippen LogP contribution < -0.4 is 35.2 Å². The number of methoxy groups -OCH3 is 1. The van der Waals surface area contributed by atoms with Crippen LogP contribution in [0.25, 0.3) is 0 Å². The highest BCUT2D eigenvalue weighted by Gasteiger charge is 2.32. The molecule has 0 unspecified atom stereocenters. The zero-order valence-corrected chi connectivity index (χ0v) is 29.4. The molecule has 1 aliphatic rings. The van der Waals surface area contributed by atoms with E-state index in [2.05, 4.69) is 39.9 Å². The van der Waals surface area contributed by atoms with Crippen LogP contribution in [0, 0.1) is 0 Å². The second-order valence-electron chi connectivity index (χ2n) is 10.7.